The van der Waals surface area contributed by atoms with Crippen molar-refractivity contribution in [2.45, 2.75) is 19.3 Å². The fourth-order valence-corrected chi connectivity index (χ4v) is 3.28. The maximum absolute atomic E-state index is 12.3. The second-order valence-electron chi connectivity index (χ2n) is 4.95. The third-order valence-corrected chi connectivity index (χ3v) is 4.46. The van der Waals surface area contributed by atoms with E-state index in [0.717, 1.165) is 22.9 Å². The Morgan fingerprint density at radius 3 is 2.59 bits per heavy atom. The molecule has 1 aromatic rings. The van der Waals surface area contributed by atoms with Gasteiger partial charge in [-0.25, -0.2) is 0 Å². The Kier molecular flexibility index (Phi) is 2.66. The minimum Gasteiger partial charge on any atom is -0.299 e. The summed E-state index contributed by atoms with van der Waals surface area (Å²) < 4.78 is 0.971. The molecule has 1 aromatic carbocycles. The van der Waals surface area contributed by atoms with Crippen LogP contribution in [0.15, 0.2) is 28.7 Å². The quantitative estimate of drug-likeness (QED) is 0.784. The maximum Gasteiger partial charge on any atom is 0.166 e. The van der Waals surface area contributed by atoms with Gasteiger partial charge in [0.05, 0.1) is 0 Å². The second kappa shape index (κ2) is 4.05. The van der Waals surface area contributed by atoms with Gasteiger partial charge in [0.1, 0.15) is 5.78 Å². The topological polar surface area (TPSA) is 34.1 Å². The van der Waals surface area contributed by atoms with Crippen LogP contribution >= 0.6 is 15.9 Å². The van der Waals surface area contributed by atoms with E-state index in [-0.39, 0.29) is 17.6 Å². The number of Topliss-reactive ketones (excluding diaryl/α,β-unsaturated/α-hetero) is 2. The van der Waals surface area contributed by atoms with Gasteiger partial charge in [0.15, 0.2) is 5.78 Å². The Bertz CT molecular complexity index is 478. The summed E-state index contributed by atoms with van der Waals surface area (Å²) in [5, 5.41) is 0. The molecule has 2 nitrogen and oxygen atoms in total. The molecule has 3 rings (SSSR count). The minimum absolute atomic E-state index is 0.0221. The molecule has 0 amide bonds. The molecule has 2 saturated carbocycles. The van der Waals surface area contributed by atoms with E-state index in [4.69, 9.17) is 0 Å². The zero-order valence-corrected chi connectivity index (χ0v) is 10.9. The summed E-state index contributed by atoms with van der Waals surface area (Å²) in [6.07, 6.45) is 2.68. The van der Waals surface area contributed by atoms with Crippen LogP contribution in [0.1, 0.15) is 29.6 Å². The molecule has 0 spiro atoms. The zero-order chi connectivity index (χ0) is 12.0. The monoisotopic (exact) mass is 292 g/mol. The number of benzene rings is 1. The average molecular weight is 293 g/mol. The molecule has 0 N–H and O–H groups in total. The van der Waals surface area contributed by atoms with Crippen molar-refractivity contribution in [2.75, 3.05) is 0 Å². The molecule has 2 aliphatic carbocycles. The van der Waals surface area contributed by atoms with Crippen molar-refractivity contribution >= 4 is 27.5 Å². The van der Waals surface area contributed by atoms with Crippen molar-refractivity contribution in [2.24, 2.45) is 17.8 Å². The number of rotatable bonds is 2. The number of hydrogen-bond donors (Lipinski definition) is 0. The molecule has 0 radical (unpaired) electrons. The predicted octanol–water partition coefficient (Wildman–Crippen LogP) is 3.25. The lowest BCUT2D eigenvalue weighted by Crippen LogP contribution is -2.09. The summed E-state index contributed by atoms with van der Waals surface area (Å²) in [7, 11) is 0. The molecule has 88 valence electrons. The lowest BCUT2D eigenvalue weighted by molar-refractivity contribution is -0.121. The summed E-state index contributed by atoms with van der Waals surface area (Å²) in [5.41, 5.74) is 0.736. The number of hydrogen-bond acceptors (Lipinski definition) is 2. The van der Waals surface area contributed by atoms with Gasteiger partial charge < -0.3 is 0 Å². The predicted molar refractivity (Wildman–Crippen MR) is 67.8 cm³/mol. The molecule has 0 saturated heterocycles. The molecule has 3 heteroatoms. The van der Waals surface area contributed by atoms with Gasteiger partial charge in [-0.15, -0.1) is 0 Å². The van der Waals surface area contributed by atoms with Crippen LogP contribution in [0.5, 0.6) is 0 Å². The van der Waals surface area contributed by atoms with Crippen LogP contribution in [-0.2, 0) is 4.79 Å². The smallest absolute Gasteiger partial charge is 0.166 e. The van der Waals surface area contributed by atoms with E-state index in [2.05, 4.69) is 15.9 Å². The molecule has 2 fully saturated rings. The van der Waals surface area contributed by atoms with Gasteiger partial charge in [-0.3, -0.25) is 9.59 Å². The second-order valence-corrected chi connectivity index (χ2v) is 5.86. The fraction of sp³-hybridized carbons (Fsp3) is 0.429. The van der Waals surface area contributed by atoms with Gasteiger partial charge >= 0.3 is 0 Å². The normalized spacial score (nSPS) is 30.9. The first-order valence-electron chi connectivity index (χ1n) is 6.01. The highest BCUT2D eigenvalue weighted by atomic mass is 79.9. The van der Waals surface area contributed by atoms with E-state index in [1.54, 1.807) is 0 Å². The van der Waals surface area contributed by atoms with Crippen LogP contribution < -0.4 is 0 Å². The molecule has 17 heavy (non-hydrogen) atoms. The highest BCUT2D eigenvalue weighted by Gasteiger charge is 2.58. The van der Waals surface area contributed by atoms with Gasteiger partial charge in [0.2, 0.25) is 0 Å². The van der Waals surface area contributed by atoms with E-state index >= 15 is 0 Å². The van der Waals surface area contributed by atoms with Crippen LogP contribution in [0.25, 0.3) is 0 Å². The van der Waals surface area contributed by atoms with E-state index in [0.29, 0.717) is 18.1 Å². The van der Waals surface area contributed by atoms with Crippen molar-refractivity contribution in [3.63, 3.8) is 0 Å². The van der Waals surface area contributed by atoms with Crippen LogP contribution in [0.4, 0.5) is 0 Å². The maximum atomic E-state index is 12.3. The van der Waals surface area contributed by atoms with Crippen LogP contribution in [0.3, 0.4) is 0 Å². The van der Waals surface area contributed by atoms with Crippen LogP contribution in [-0.4, -0.2) is 11.6 Å². The molecule has 0 bridgehead atoms. The Hall–Kier alpha value is -0.960. The summed E-state index contributed by atoms with van der Waals surface area (Å²) in [6, 6.07) is 7.42. The first-order chi connectivity index (χ1) is 8.18. The molecule has 0 unspecified atom stereocenters. The van der Waals surface area contributed by atoms with E-state index in [1.807, 2.05) is 24.3 Å². The molecular formula is C14H13BrO2. The highest BCUT2D eigenvalue weighted by Crippen LogP contribution is 2.54. The SMILES string of the molecule is O=C1CCC[C@H]2[C@@H]1[C@@H]2C(=O)c1ccc(Br)cc1. The first-order valence-corrected chi connectivity index (χ1v) is 6.80. The third kappa shape index (κ3) is 1.86. The fourth-order valence-electron chi connectivity index (χ4n) is 3.01. The van der Waals surface area contributed by atoms with E-state index in [9.17, 15) is 9.59 Å². The number of carbonyl (C=O) groups excluding carboxylic acids is 2. The van der Waals surface area contributed by atoms with Gasteiger partial charge in [0.25, 0.3) is 0 Å². The van der Waals surface area contributed by atoms with Crippen molar-refractivity contribution in [1.29, 1.82) is 0 Å². The first kappa shape index (κ1) is 11.1. The molecule has 2 aliphatic rings. The van der Waals surface area contributed by atoms with Gasteiger partial charge in [-0.05, 0) is 30.9 Å². The molecule has 0 aromatic heterocycles. The summed E-state index contributed by atoms with van der Waals surface area (Å²) >= 11 is 3.35. The Labute approximate surface area is 109 Å². The summed E-state index contributed by atoms with van der Waals surface area (Å²) in [6.45, 7) is 0. The van der Waals surface area contributed by atoms with Crippen LogP contribution in [0.2, 0.25) is 0 Å². The molecule has 0 aliphatic heterocycles. The van der Waals surface area contributed by atoms with Crippen molar-refractivity contribution in [1.82, 2.24) is 0 Å². The summed E-state index contributed by atoms with van der Waals surface area (Å²) in [5.74, 6) is 0.818. The van der Waals surface area contributed by atoms with Gasteiger partial charge in [0, 0.05) is 28.3 Å². The van der Waals surface area contributed by atoms with Crippen molar-refractivity contribution in [3.05, 3.63) is 34.3 Å². The Morgan fingerprint density at radius 1 is 1.24 bits per heavy atom. The largest absolute Gasteiger partial charge is 0.299 e. The van der Waals surface area contributed by atoms with Crippen molar-refractivity contribution < 1.29 is 9.59 Å². The number of carbonyl (C=O) groups is 2. The van der Waals surface area contributed by atoms with E-state index in [1.165, 1.54) is 0 Å². The zero-order valence-electron chi connectivity index (χ0n) is 9.36. The van der Waals surface area contributed by atoms with Gasteiger partial charge in [-0.1, -0.05) is 28.1 Å². The summed E-state index contributed by atoms with van der Waals surface area (Å²) in [4.78, 5) is 23.9. The minimum atomic E-state index is -0.0221. The molecular weight excluding hydrogens is 280 g/mol. The third-order valence-electron chi connectivity index (χ3n) is 3.93. The molecule has 3 atom stereocenters. The average Bonchev–Trinajstić information content (AvgIpc) is 3.05. The lowest BCUT2D eigenvalue weighted by atomic mass is 10.00. The van der Waals surface area contributed by atoms with E-state index < -0.39 is 0 Å². The standard InChI is InChI=1S/C14H13BrO2/c15-9-6-4-8(5-7-9)14(17)13-10-2-1-3-11(16)12(10)13/h4-7,10,12-13H,1-3H2/t10-,12-,13+/m0/s1. The van der Waals surface area contributed by atoms with Crippen LogP contribution in [0, 0.1) is 17.8 Å². The number of halogens is 1. The lowest BCUT2D eigenvalue weighted by Gasteiger charge is -2.04. The Balaban J connectivity index is 1.80. The number of ketones is 2. The highest BCUT2D eigenvalue weighted by molar-refractivity contribution is 9.10. The molecule has 0 heterocycles. The van der Waals surface area contributed by atoms with Gasteiger partial charge in [-0.2, -0.15) is 0 Å². The number of fused-ring (bicyclic) bond motifs is 1. The Morgan fingerprint density at radius 2 is 1.94 bits per heavy atom. The van der Waals surface area contributed by atoms with Crippen molar-refractivity contribution in [3.8, 4) is 0 Å².